The van der Waals surface area contributed by atoms with Crippen molar-refractivity contribution < 1.29 is 9.53 Å². The molecule has 1 amide bonds. The number of benzene rings is 1. The Kier molecular flexibility index (Phi) is 4.06. The van der Waals surface area contributed by atoms with Crippen molar-refractivity contribution in [3.63, 3.8) is 0 Å². The summed E-state index contributed by atoms with van der Waals surface area (Å²) >= 11 is 1.63. The zero-order valence-electron chi connectivity index (χ0n) is 10.9. The zero-order chi connectivity index (χ0) is 13.8. The Balaban J connectivity index is 2.14. The summed E-state index contributed by atoms with van der Waals surface area (Å²) in [5, 5.41) is 2.00. The van der Waals surface area contributed by atoms with Gasteiger partial charge in [-0.05, 0) is 23.6 Å². The first kappa shape index (κ1) is 13.4. The van der Waals surface area contributed by atoms with Crippen molar-refractivity contribution in [2.75, 3.05) is 19.9 Å². The molecule has 1 heterocycles. The average Bonchev–Trinajstić information content (AvgIpc) is 2.90. The van der Waals surface area contributed by atoms with Crippen LogP contribution in [0.3, 0.4) is 0 Å². The number of nitrogens with two attached hydrogens (primary N) is 1. The number of thiophene rings is 1. The van der Waals surface area contributed by atoms with Crippen LogP contribution in [-0.4, -0.2) is 25.0 Å². The van der Waals surface area contributed by atoms with E-state index in [1.54, 1.807) is 48.6 Å². The third kappa shape index (κ3) is 3.06. The van der Waals surface area contributed by atoms with Crippen LogP contribution in [-0.2, 0) is 6.54 Å². The molecule has 0 bridgehead atoms. The maximum Gasteiger partial charge on any atom is 0.256 e. The van der Waals surface area contributed by atoms with Crippen molar-refractivity contribution >= 4 is 22.9 Å². The zero-order valence-corrected chi connectivity index (χ0v) is 11.7. The van der Waals surface area contributed by atoms with Gasteiger partial charge in [0.15, 0.2) is 0 Å². The van der Waals surface area contributed by atoms with Gasteiger partial charge in [0, 0.05) is 23.7 Å². The molecule has 0 aliphatic heterocycles. The van der Waals surface area contributed by atoms with Gasteiger partial charge in [0.25, 0.3) is 5.91 Å². The summed E-state index contributed by atoms with van der Waals surface area (Å²) in [7, 11) is 3.34. The predicted octanol–water partition coefficient (Wildman–Crippen LogP) is 2.61. The SMILES string of the molecule is COc1ccc(C(=O)N(C)Cc2cccs2)c(N)c1. The number of nitrogens with zero attached hydrogens (tertiary/aromatic N) is 1. The van der Waals surface area contributed by atoms with Gasteiger partial charge in [0.2, 0.25) is 0 Å². The molecule has 1 aromatic heterocycles. The minimum Gasteiger partial charge on any atom is -0.497 e. The molecular formula is C14H16N2O2S. The smallest absolute Gasteiger partial charge is 0.256 e. The third-order valence-electron chi connectivity index (χ3n) is 2.81. The largest absolute Gasteiger partial charge is 0.497 e. The second-order valence-electron chi connectivity index (χ2n) is 4.19. The molecule has 0 saturated carbocycles. The van der Waals surface area contributed by atoms with E-state index in [0.717, 1.165) is 4.88 Å². The molecule has 5 heteroatoms. The predicted molar refractivity (Wildman–Crippen MR) is 77.5 cm³/mol. The number of carbonyl (C=O) groups excluding carboxylic acids is 1. The number of amides is 1. The fourth-order valence-electron chi connectivity index (χ4n) is 1.78. The molecule has 19 heavy (non-hydrogen) atoms. The van der Waals surface area contributed by atoms with Crippen LogP contribution in [0.15, 0.2) is 35.7 Å². The van der Waals surface area contributed by atoms with Gasteiger partial charge in [-0.25, -0.2) is 0 Å². The summed E-state index contributed by atoms with van der Waals surface area (Å²) in [5.41, 5.74) is 6.82. The van der Waals surface area contributed by atoms with Crippen molar-refractivity contribution in [1.82, 2.24) is 4.90 Å². The number of methoxy groups -OCH3 is 1. The fraction of sp³-hybridized carbons (Fsp3) is 0.214. The van der Waals surface area contributed by atoms with E-state index in [2.05, 4.69) is 0 Å². The van der Waals surface area contributed by atoms with E-state index in [9.17, 15) is 4.79 Å². The molecule has 0 aliphatic rings. The molecule has 2 aromatic rings. The number of anilines is 1. The highest BCUT2D eigenvalue weighted by Crippen LogP contribution is 2.21. The first-order valence-corrected chi connectivity index (χ1v) is 6.71. The maximum atomic E-state index is 12.3. The molecule has 0 atom stereocenters. The van der Waals surface area contributed by atoms with Crippen molar-refractivity contribution in [2.45, 2.75) is 6.54 Å². The molecule has 100 valence electrons. The van der Waals surface area contributed by atoms with Crippen molar-refractivity contribution in [1.29, 1.82) is 0 Å². The van der Waals surface area contributed by atoms with Crippen LogP contribution < -0.4 is 10.5 Å². The summed E-state index contributed by atoms with van der Waals surface area (Å²) < 4.78 is 5.07. The van der Waals surface area contributed by atoms with Crippen LogP contribution in [0.5, 0.6) is 5.75 Å². The Bertz CT molecular complexity index is 567. The van der Waals surface area contributed by atoms with Crippen molar-refractivity contribution in [3.8, 4) is 5.75 Å². The lowest BCUT2D eigenvalue weighted by Gasteiger charge is -2.17. The van der Waals surface area contributed by atoms with Crippen LogP contribution in [0.25, 0.3) is 0 Å². The highest BCUT2D eigenvalue weighted by molar-refractivity contribution is 7.09. The number of hydrogen-bond acceptors (Lipinski definition) is 4. The Morgan fingerprint density at radius 2 is 2.21 bits per heavy atom. The fourth-order valence-corrected chi connectivity index (χ4v) is 2.53. The van der Waals surface area contributed by atoms with Crippen LogP contribution in [0.1, 0.15) is 15.2 Å². The van der Waals surface area contributed by atoms with Gasteiger partial charge in [-0.3, -0.25) is 4.79 Å². The van der Waals surface area contributed by atoms with E-state index < -0.39 is 0 Å². The van der Waals surface area contributed by atoms with Gasteiger partial charge in [0.1, 0.15) is 5.75 Å². The third-order valence-corrected chi connectivity index (χ3v) is 3.67. The van der Waals surface area contributed by atoms with E-state index in [1.165, 1.54) is 0 Å². The molecule has 0 unspecified atom stereocenters. The van der Waals surface area contributed by atoms with Gasteiger partial charge in [-0.2, -0.15) is 0 Å². The number of ether oxygens (including phenoxy) is 1. The van der Waals surface area contributed by atoms with Crippen LogP contribution in [0, 0.1) is 0 Å². The lowest BCUT2D eigenvalue weighted by molar-refractivity contribution is 0.0787. The summed E-state index contributed by atoms with van der Waals surface area (Å²) in [5.74, 6) is 0.559. The molecule has 0 saturated heterocycles. The highest BCUT2D eigenvalue weighted by atomic mass is 32.1. The lowest BCUT2D eigenvalue weighted by Crippen LogP contribution is -2.26. The average molecular weight is 276 g/mol. The van der Waals surface area contributed by atoms with E-state index in [0.29, 0.717) is 23.5 Å². The highest BCUT2D eigenvalue weighted by Gasteiger charge is 2.15. The normalized spacial score (nSPS) is 10.2. The van der Waals surface area contributed by atoms with Crippen molar-refractivity contribution in [2.24, 2.45) is 0 Å². The number of rotatable bonds is 4. The molecule has 2 rings (SSSR count). The maximum absolute atomic E-state index is 12.3. The standard InChI is InChI=1S/C14H16N2O2S/c1-16(9-11-4-3-7-19-11)14(17)12-6-5-10(18-2)8-13(12)15/h3-8H,9,15H2,1-2H3. The van der Waals surface area contributed by atoms with Crippen LogP contribution >= 0.6 is 11.3 Å². The first-order chi connectivity index (χ1) is 9.11. The van der Waals surface area contributed by atoms with Gasteiger partial charge in [-0.15, -0.1) is 11.3 Å². The Morgan fingerprint density at radius 3 is 2.79 bits per heavy atom. The van der Waals surface area contributed by atoms with Gasteiger partial charge in [0.05, 0.1) is 19.2 Å². The Morgan fingerprint density at radius 1 is 1.42 bits per heavy atom. The number of hydrogen-bond donors (Lipinski definition) is 1. The summed E-state index contributed by atoms with van der Waals surface area (Å²) in [6.07, 6.45) is 0. The summed E-state index contributed by atoms with van der Waals surface area (Å²) in [4.78, 5) is 15.1. The number of nitrogen functional groups attached to an aromatic ring is 1. The quantitative estimate of drug-likeness (QED) is 0.873. The first-order valence-electron chi connectivity index (χ1n) is 5.83. The molecule has 1 aromatic carbocycles. The minimum absolute atomic E-state index is 0.0893. The second kappa shape index (κ2) is 5.75. The molecule has 2 N–H and O–H groups in total. The summed E-state index contributed by atoms with van der Waals surface area (Å²) in [6.45, 7) is 0.585. The Hall–Kier alpha value is -2.01. The Labute approximate surface area is 116 Å². The molecule has 0 spiro atoms. The van der Waals surface area contributed by atoms with Crippen LogP contribution in [0.2, 0.25) is 0 Å². The second-order valence-corrected chi connectivity index (χ2v) is 5.23. The minimum atomic E-state index is -0.0893. The molecule has 0 fully saturated rings. The van der Waals surface area contributed by atoms with E-state index in [4.69, 9.17) is 10.5 Å². The molecule has 0 radical (unpaired) electrons. The summed E-state index contributed by atoms with van der Waals surface area (Å²) in [6, 6.07) is 9.07. The van der Waals surface area contributed by atoms with E-state index in [-0.39, 0.29) is 5.91 Å². The van der Waals surface area contributed by atoms with E-state index in [1.807, 2.05) is 17.5 Å². The molecular weight excluding hydrogens is 260 g/mol. The monoisotopic (exact) mass is 276 g/mol. The topological polar surface area (TPSA) is 55.6 Å². The van der Waals surface area contributed by atoms with E-state index >= 15 is 0 Å². The molecule has 0 aliphatic carbocycles. The lowest BCUT2D eigenvalue weighted by atomic mass is 10.1. The molecule has 4 nitrogen and oxygen atoms in total. The van der Waals surface area contributed by atoms with Crippen LogP contribution in [0.4, 0.5) is 5.69 Å². The van der Waals surface area contributed by atoms with Gasteiger partial charge in [-0.1, -0.05) is 6.07 Å². The van der Waals surface area contributed by atoms with Gasteiger partial charge < -0.3 is 15.4 Å². The van der Waals surface area contributed by atoms with Gasteiger partial charge >= 0.3 is 0 Å². The van der Waals surface area contributed by atoms with Crippen molar-refractivity contribution in [3.05, 3.63) is 46.2 Å². The number of carbonyl (C=O) groups is 1.